The highest BCUT2D eigenvalue weighted by Gasteiger charge is 2.13. The van der Waals surface area contributed by atoms with Gasteiger partial charge in [-0.15, -0.1) is 0 Å². The van der Waals surface area contributed by atoms with Crippen LogP contribution in [0.2, 0.25) is 0 Å². The van der Waals surface area contributed by atoms with Gasteiger partial charge in [-0.1, -0.05) is 6.07 Å². The third-order valence-corrected chi connectivity index (χ3v) is 2.27. The Morgan fingerprint density at radius 2 is 1.94 bits per heavy atom. The fourth-order valence-corrected chi connectivity index (χ4v) is 1.43. The van der Waals surface area contributed by atoms with Crippen LogP contribution in [0.1, 0.15) is 34.1 Å². The second kappa shape index (κ2) is 5.81. The number of carbonyl (C=O) groups is 3. The largest absolute Gasteiger partial charge is 0.481 e. The summed E-state index contributed by atoms with van der Waals surface area (Å²) in [5.74, 6) is -2.05. The normalized spacial score (nSPS) is 11.6. The molecule has 0 aliphatic rings. The number of aliphatic carboxylic acids is 1. The van der Waals surface area contributed by atoms with Gasteiger partial charge in [0.05, 0.1) is 6.42 Å². The fourth-order valence-electron chi connectivity index (χ4n) is 1.43. The Hall–Kier alpha value is -2.37. The number of carbonyl (C=O) groups excluding carboxylic acids is 2. The lowest BCUT2D eigenvalue weighted by molar-refractivity contribution is -0.137. The molecule has 0 aliphatic heterocycles. The molecule has 0 heterocycles. The lowest BCUT2D eigenvalue weighted by Crippen LogP contribution is -2.34. The van der Waals surface area contributed by atoms with Crippen molar-refractivity contribution in [2.24, 2.45) is 5.73 Å². The fraction of sp³-hybridized carbons (Fsp3) is 0.250. The number of primary amides is 1. The monoisotopic (exact) mass is 250 g/mol. The van der Waals surface area contributed by atoms with Gasteiger partial charge >= 0.3 is 5.97 Å². The summed E-state index contributed by atoms with van der Waals surface area (Å²) < 4.78 is 0. The molecule has 6 heteroatoms. The van der Waals surface area contributed by atoms with E-state index in [0.717, 1.165) is 0 Å². The maximum atomic E-state index is 11.8. The predicted octanol–water partition coefficient (Wildman–Crippen LogP) is 0.378. The summed E-state index contributed by atoms with van der Waals surface area (Å²) in [6, 6.07) is 5.43. The van der Waals surface area contributed by atoms with Crippen LogP contribution in [0.15, 0.2) is 24.3 Å². The summed E-state index contributed by atoms with van der Waals surface area (Å²) in [5.41, 5.74) is 5.60. The topological polar surface area (TPSA) is 109 Å². The molecule has 96 valence electrons. The average molecular weight is 250 g/mol. The van der Waals surface area contributed by atoms with Crippen molar-refractivity contribution in [3.63, 3.8) is 0 Å². The van der Waals surface area contributed by atoms with E-state index >= 15 is 0 Å². The minimum atomic E-state index is -0.992. The third-order valence-electron chi connectivity index (χ3n) is 2.27. The zero-order valence-electron chi connectivity index (χ0n) is 9.84. The Morgan fingerprint density at radius 3 is 2.50 bits per heavy atom. The molecule has 2 amide bonds. The van der Waals surface area contributed by atoms with Gasteiger partial charge in [0, 0.05) is 17.2 Å². The van der Waals surface area contributed by atoms with Crippen molar-refractivity contribution in [2.45, 2.75) is 19.4 Å². The minimum absolute atomic E-state index is 0.165. The number of rotatable bonds is 5. The first-order valence-corrected chi connectivity index (χ1v) is 5.32. The van der Waals surface area contributed by atoms with Gasteiger partial charge in [0.1, 0.15) is 0 Å². The van der Waals surface area contributed by atoms with Crippen molar-refractivity contribution in [3.05, 3.63) is 35.4 Å². The van der Waals surface area contributed by atoms with E-state index in [1.54, 1.807) is 6.92 Å². The van der Waals surface area contributed by atoms with Crippen molar-refractivity contribution >= 4 is 17.8 Å². The van der Waals surface area contributed by atoms with Gasteiger partial charge in [0.15, 0.2) is 0 Å². The first kappa shape index (κ1) is 13.7. The van der Waals surface area contributed by atoms with Crippen LogP contribution >= 0.6 is 0 Å². The number of carboxylic acid groups (broad SMARTS) is 1. The van der Waals surface area contributed by atoms with Crippen molar-refractivity contribution in [1.82, 2.24) is 5.32 Å². The molecule has 0 spiro atoms. The molecule has 0 aromatic heterocycles. The van der Waals surface area contributed by atoms with Crippen LogP contribution in [0.4, 0.5) is 0 Å². The van der Waals surface area contributed by atoms with Crippen LogP contribution in [0.25, 0.3) is 0 Å². The van der Waals surface area contributed by atoms with Gasteiger partial charge in [-0.25, -0.2) is 0 Å². The lowest BCUT2D eigenvalue weighted by Gasteiger charge is -2.11. The zero-order valence-corrected chi connectivity index (χ0v) is 9.84. The van der Waals surface area contributed by atoms with E-state index in [0.29, 0.717) is 0 Å². The van der Waals surface area contributed by atoms with E-state index in [-0.39, 0.29) is 17.5 Å². The molecule has 1 unspecified atom stereocenters. The standard InChI is InChI=1S/C12H14N2O4/c1-7(5-10(15)16)14-12(18)9-4-2-3-8(6-9)11(13)17/h2-4,6-7H,5H2,1H3,(H2,13,17)(H,14,18)(H,15,16). The van der Waals surface area contributed by atoms with E-state index < -0.39 is 23.8 Å². The molecule has 1 rings (SSSR count). The molecule has 0 saturated carbocycles. The molecule has 0 radical (unpaired) electrons. The maximum absolute atomic E-state index is 11.8. The number of hydrogen-bond donors (Lipinski definition) is 3. The predicted molar refractivity (Wildman–Crippen MR) is 64.1 cm³/mol. The summed E-state index contributed by atoms with van der Waals surface area (Å²) in [5, 5.41) is 11.1. The highest BCUT2D eigenvalue weighted by atomic mass is 16.4. The first-order chi connectivity index (χ1) is 8.40. The van der Waals surface area contributed by atoms with Crippen LogP contribution in [0, 0.1) is 0 Å². The Balaban J connectivity index is 2.75. The van der Waals surface area contributed by atoms with E-state index in [1.807, 2.05) is 0 Å². The van der Waals surface area contributed by atoms with Crippen molar-refractivity contribution < 1.29 is 19.5 Å². The van der Waals surface area contributed by atoms with Crippen molar-refractivity contribution in [2.75, 3.05) is 0 Å². The Bertz CT molecular complexity index is 485. The van der Waals surface area contributed by atoms with Gasteiger partial charge in [-0.3, -0.25) is 14.4 Å². The number of hydrogen-bond acceptors (Lipinski definition) is 3. The SMILES string of the molecule is CC(CC(=O)O)NC(=O)c1cccc(C(N)=O)c1. The average Bonchev–Trinajstić information content (AvgIpc) is 2.27. The molecule has 1 aromatic rings. The van der Waals surface area contributed by atoms with Crippen LogP contribution in [-0.4, -0.2) is 28.9 Å². The summed E-state index contributed by atoms with van der Waals surface area (Å²) in [4.78, 5) is 33.2. The Labute approximate surface area is 104 Å². The second-order valence-corrected chi connectivity index (χ2v) is 3.92. The van der Waals surface area contributed by atoms with Gasteiger partial charge in [-0.2, -0.15) is 0 Å². The van der Waals surface area contributed by atoms with Crippen LogP contribution in [0.3, 0.4) is 0 Å². The highest BCUT2D eigenvalue weighted by Crippen LogP contribution is 2.05. The molecule has 6 nitrogen and oxygen atoms in total. The van der Waals surface area contributed by atoms with Crippen molar-refractivity contribution in [1.29, 1.82) is 0 Å². The van der Waals surface area contributed by atoms with Gasteiger partial charge in [0.25, 0.3) is 5.91 Å². The van der Waals surface area contributed by atoms with Gasteiger partial charge in [-0.05, 0) is 25.1 Å². The minimum Gasteiger partial charge on any atom is -0.481 e. The Morgan fingerprint density at radius 1 is 1.33 bits per heavy atom. The smallest absolute Gasteiger partial charge is 0.305 e. The third kappa shape index (κ3) is 3.89. The summed E-state index contributed by atoms with van der Waals surface area (Å²) >= 11 is 0. The zero-order chi connectivity index (χ0) is 13.7. The number of amides is 2. The van der Waals surface area contributed by atoms with E-state index in [2.05, 4.69) is 5.32 Å². The molecule has 0 aliphatic carbocycles. The van der Waals surface area contributed by atoms with E-state index in [9.17, 15) is 14.4 Å². The van der Waals surface area contributed by atoms with Gasteiger partial charge in [0.2, 0.25) is 5.91 Å². The molecule has 4 N–H and O–H groups in total. The lowest BCUT2D eigenvalue weighted by atomic mass is 10.1. The Kier molecular flexibility index (Phi) is 4.42. The molecule has 0 fully saturated rings. The molecule has 1 atom stereocenters. The molecule has 1 aromatic carbocycles. The van der Waals surface area contributed by atoms with Crippen molar-refractivity contribution in [3.8, 4) is 0 Å². The molecule has 18 heavy (non-hydrogen) atoms. The number of benzene rings is 1. The summed E-state index contributed by atoms with van der Waals surface area (Å²) in [6.45, 7) is 1.59. The number of nitrogens with one attached hydrogen (secondary N) is 1. The second-order valence-electron chi connectivity index (χ2n) is 3.92. The molecule has 0 saturated heterocycles. The number of nitrogens with two attached hydrogens (primary N) is 1. The number of carboxylic acids is 1. The summed E-state index contributed by atoms with van der Waals surface area (Å²) in [6.07, 6.45) is -0.165. The summed E-state index contributed by atoms with van der Waals surface area (Å²) in [7, 11) is 0. The molecular weight excluding hydrogens is 236 g/mol. The molecule has 0 bridgehead atoms. The van der Waals surface area contributed by atoms with E-state index in [1.165, 1.54) is 24.3 Å². The van der Waals surface area contributed by atoms with Crippen LogP contribution in [0.5, 0.6) is 0 Å². The highest BCUT2D eigenvalue weighted by molar-refractivity contribution is 5.99. The maximum Gasteiger partial charge on any atom is 0.305 e. The van der Waals surface area contributed by atoms with E-state index in [4.69, 9.17) is 10.8 Å². The quantitative estimate of drug-likeness (QED) is 0.701. The van der Waals surface area contributed by atoms with Crippen LogP contribution in [-0.2, 0) is 4.79 Å². The van der Waals surface area contributed by atoms with Crippen LogP contribution < -0.4 is 11.1 Å². The molecular formula is C12H14N2O4. The first-order valence-electron chi connectivity index (χ1n) is 5.32. The van der Waals surface area contributed by atoms with Gasteiger partial charge < -0.3 is 16.2 Å².